The lowest BCUT2D eigenvalue weighted by Crippen LogP contribution is -2.15. The van der Waals surface area contributed by atoms with E-state index in [-0.39, 0.29) is 12.6 Å². The molecule has 0 unspecified atom stereocenters. The molecule has 94 valence electrons. The van der Waals surface area contributed by atoms with Crippen LogP contribution in [0.15, 0.2) is 12.1 Å². The minimum atomic E-state index is -0.375. The molecular weight excluding hydrogens is 232 g/mol. The number of nitrogens with zero attached hydrogens (tertiary/aromatic N) is 2. The molecule has 1 aliphatic carbocycles. The zero-order valence-corrected chi connectivity index (χ0v) is 10.3. The second-order valence-corrected chi connectivity index (χ2v) is 4.09. The Bertz CT molecular complexity index is 506. The van der Waals surface area contributed by atoms with Crippen LogP contribution in [-0.2, 0) is 22.4 Å². The Labute approximate surface area is 105 Å². The van der Waals surface area contributed by atoms with Crippen molar-refractivity contribution >= 4 is 11.7 Å². The Morgan fingerprint density at radius 1 is 1.39 bits per heavy atom. The highest BCUT2D eigenvalue weighted by Gasteiger charge is 2.26. The van der Waals surface area contributed by atoms with Gasteiger partial charge in [-0.1, -0.05) is 0 Å². The van der Waals surface area contributed by atoms with Gasteiger partial charge >= 0.3 is 11.7 Å². The number of rotatable bonds is 4. The van der Waals surface area contributed by atoms with E-state index in [1.165, 1.54) is 0 Å². The van der Waals surface area contributed by atoms with Gasteiger partial charge in [-0.05, 0) is 32.3 Å². The molecule has 1 aromatic rings. The fourth-order valence-electron chi connectivity index (χ4n) is 2.22. The summed E-state index contributed by atoms with van der Waals surface area (Å²) < 4.78 is 10.3. The van der Waals surface area contributed by atoms with Crippen LogP contribution < -0.4 is 4.74 Å². The van der Waals surface area contributed by atoms with Gasteiger partial charge in [0.2, 0.25) is 5.39 Å². The molecule has 0 heterocycles. The van der Waals surface area contributed by atoms with Crippen molar-refractivity contribution in [2.45, 2.75) is 26.2 Å². The Kier molecular flexibility index (Phi) is 3.78. The first-order valence-electron chi connectivity index (χ1n) is 6.04. The lowest BCUT2D eigenvalue weighted by atomic mass is 10.1. The molecule has 5 nitrogen and oxygen atoms in total. The number of diazo groups is 1. The summed E-state index contributed by atoms with van der Waals surface area (Å²) in [5.74, 6) is 0.308. The SMILES string of the molecule is CCOC(=O)COc1ccc([N+]#N)c2c1CCC2. The number of esters is 1. The molecule has 0 bridgehead atoms. The zero-order valence-electron chi connectivity index (χ0n) is 10.3. The molecule has 0 aromatic heterocycles. The summed E-state index contributed by atoms with van der Waals surface area (Å²) in [5.41, 5.74) is 2.64. The average Bonchev–Trinajstić information content (AvgIpc) is 2.85. The Hall–Kier alpha value is -2.09. The molecule has 0 fully saturated rings. The van der Waals surface area contributed by atoms with E-state index in [4.69, 9.17) is 14.9 Å². The largest absolute Gasteiger partial charge is 0.482 e. The molecular formula is C13H15N2O3+. The number of benzene rings is 1. The maximum Gasteiger partial charge on any atom is 0.388 e. The lowest BCUT2D eigenvalue weighted by Gasteiger charge is -2.09. The van der Waals surface area contributed by atoms with E-state index in [0.717, 1.165) is 30.4 Å². The van der Waals surface area contributed by atoms with Crippen LogP contribution in [0, 0.1) is 5.39 Å². The number of hydrogen-bond donors (Lipinski definition) is 0. The fraction of sp³-hybridized carbons (Fsp3) is 0.462. The van der Waals surface area contributed by atoms with Crippen molar-refractivity contribution < 1.29 is 14.3 Å². The van der Waals surface area contributed by atoms with Crippen LogP contribution in [0.3, 0.4) is 0 Å². The van der Waals surface area contributed by atoms with Crippen molar-refractivity contribution in [1.29, 1.82) is 5.39 Å². The van der Waals surface area contributed by atoms with Crippen LogP contribution in [0.2, 0.25) is 0 Å². The van der Waals surface area contributed by atoms with Gasteiger partial charge in [-0.3, -0.25) is 0 Å². The highest BCUT2D eigenvalue weighted by Crippen LogP contribution is 2.37. The van der Waals surface area contributed by atoms with Crippen molar-refractivity contribution in [3.05, 3.63) is 28.2 Å². The average molecular weight is 247 g/mol. The summed E-state index contributed by atoms with van der Waals surface area (Å²) in [5, 5.41) is 8.89. The molecule has 2 rings (SSSR count). The molecule has 0 aliphatic heterocycles. The summed E-state index contributed by atoms with van der Waals surface area (Å²) >= 11 is 0. The van der Waals surface area contributed by atoms with E-state index in [1.54, 1.807) is 19.1 Å². The molecule has 0 radical (unpaired) electrons. The third kappa shape index (κ3) is 2.43. The number of fused-ring (bicyclic) bond motifs is 1. The van der Waals surface area contributed by atoms with Crippen LogP contribution in [0.5, 0.6) is 5.75 Å². The van der Waals surface area contributed by atoms with E-state index in [0.29, 0.717) is 18.0 Å². The van der Waals surface area contributed by atoms with E-state index < -0.39 is 0 Å². The molecule has 1 aromatic carbocycles. The van der Waals surface area contributed by atoms with Gasteiger partial charge in [0, 0.05) is 11.6 Å². The van der Waals surface area contributed by atoms with Gasteiger partial charge < -0.3 is 9.47 Å². The molecule has 18 heavy (non-hydrogen) atoms. The van der Waals surface area contributed by atoms with Gasteiger partial charge in [-0.25, -0.2) is 4.79 Å². The zero-order chi connectivity index (χ0) is 13.0. The van der Waals surface area contributed by atoms with E-state index in [9.17, 15) is 4.79 Å². The summed E-state index contributed by atoms with van der Waals surface area (Å²) in [4.78, 5) is 14.5. The summed E-state index contributed by atoms with van der Waals surface area (Å²) in [7, 11) is 0. The molecule has 0 atom stereocenters. The number of carbonyl (C=O) groups excluding carboxylic acids is 1. The van der Waals surface area contributed by atoms with E-state index in [2.05, 4.69) is 4.98 Å². The molecule has 0 amide bonds. The normalized spacial score (nSPS) is 12.7. The predicted octanol–water partition coefficient (Wildman–Crippen LogP) is 2.60. The third-order valence-electron chi connectivity index (χ3n) is 2.98. The maximum absolute atomic E-state index is 11.2. The molecule has 1 aliphatic rings. The summed E-state index contributed by atoms with van der Waals surface area (Å²) in [6.07, 6.45) is 2.78. The number of ether oxygens (including phenoxy) is 2. The minimum Gasteiger partial charge on any atom is -0.482 e. The first-order valence-corrected chi connectivity index (χ1v) is 6.04. The minimum absolute atomic E-state index is 0.0874. The van der Waals surface area contributed by atoms with Crippen molar-refractivity contribution in [2.75, 3.05) is 13.2 Å². The van der Waals surface area contributed by atoms with Crippen LogP contribution in [0.4, 0.5) is 5.69 Å². The summed E-state index contributed by atoms with van der Waals surface area (Å²) in [6, 6.07) is 3.43. The van der Waals surface area contributed by atoms with Crippen molar-refractivity contribution in [3.8, 4) is 5.75 Å². The number of hydrogen-bond acceptors (Lipinski definition) is 4. The van der Waals surface area contributed by atoms with Gasteiger partial charge in [-0.2, -0.15) is 0 Å². The van der Waals surface area contributed by atoms with Gasteiger partial charge in [-0.15, -0.1) is 0 Å². The second kappa shape index (κ2) is 5.50. The highest BCUT2D eigenvalue weighted by molar-refractivity contribution is 5.71. The topological polar surface area (TPSA) is 63.7 Å². The number of carbonyl (C=O) groups is 1. The Morgan fingerprint density at radius 3 is 2.89 bits per heavy atom. The fourth-order valence-corrected chi connectivity index (χ4v) is 2.22. The first-order chi connectivity index (χ1) is 8.76. The Morgan fingerprint density at radius 2 is 2.17 bits per heavy atom. The second-order valence-electron chi connectivity index (χ2n) is 4.09. The van der Waals surface area contributed by atoms with Gasteiger partial charge in [0.05, 0.1) is 12.2 Å². The van der Waals surface area contributed by atoms with Crippen LogP contribution in [0.25, 0.3) is 4.98 Å². The van der Waals surface area contributed by atoms with E-state index >= 15 is 0 Å². The van der Waals surface area contributed by atoms with Crippen molar-refractivity contribution in [2.24, 2.45) is 0 Å². The van der Waals surface area contributed by atoms with Gasteiger partial charge in [0.15, 0.2) is 11.6 Å². The van der Waals surface area contributed by atoms with Crippen LogP contribution in [-0.4, -0.2) is 19.2 Å². The van der Waals surface area contributed by atoms with Crippen LogP contribution >= 0.6 is 0 Å². The smallest absolute Gasteiger partial charge is 0.388 e. The molecule has 0 N–H and O–H groups in total. The first kappa shape index (κ1) is 12.4. The van der Waals surface area contributed by atoms with Crippen molar-refractivity contribution in [1.82, 2.24) is 0 Å². The monoisotopic (exact) mass is 247 g/mol. The Balaban J connectivity index is 2.13. The standard InChI is InChI=1S/C13H15N2O3/c1-2-17-13(16)8-18-12-7-6-11(15-14)9-4-3-5-10(9)12/h6-7H,2-5,8H2,1H3/q+1. The molecule has 0 saturated heterocycles. The third-order valence-corrected chi connectivity index (χ3v) is 2.98. The maximum atomic E-state index is 11.2. The molecule has 0 saturated carbocycles. The highest BCUT2D eigenvalue weighted by atomic mass is 16.6. The predicted molar refractivity (Wildman–Crippen MR) is 65.3 cm³/mol. The van der Waals surface area contributed by atoms with Gasteiger partial charge in [0.1, 0.15) is 5.75 Å². The van der Waals surface area contributed by atoms with Crippen molar-refractivity contribution in [3.63, 3.8) is 0 Å². The molecule has 0 spiro atoms. The van der Waals surface area contributed by atoms with E-state index in [1.807, 2.05) is 0 Å². The quantitative estimate of drug-likeness (QED) is 0.606. The lowest BCUT2D eigenvalue weighted by molar-refractivity contribution is -0.145. The van der Waals surface area contributed by atoms with Crippen LogP contribution in [0.1, 0.15) is 24.5 Å². The van der Waals surface area contributed by atoms with Gasteiger partial charge in [0.25, 0.3) is 0 Å². The molecule has 5 heteroatoms. The summed E-state index contributed by atoms with van der Waals surface area (Å²) in [6.45, 7) is 2.02.